The highest BCUT2D eigenvalue weighted by Gasteiger charge is 2.40. The Balaban J connectivity index is 1.95. The molecule has 2 rings (SSSR count). The Labute approximate surface area is 164 Å². The minimum absolute atomic E-state index is 0.145. The molecule has 0 saturated carbocycles. The van der Waals surface area contributed by atoms with Crippen molar-refractivity contribution in [1.29, 1.82) is 0 Å². The highest BCUT2D eigenvalue weighted by Crippen LogP contribution is 2.38. The van der Waals surface area contributed by atoms with E-state index in [1.165, 1.54) is 0 Å². The van der Waals surface area contributed by atoms with Crippen molar-refractivity contribution in [2.45, 2.75) is 78.0 Å². The van der Waals surface area contributed by atoms with Gasteiger partial charge >= 0.3 is 6.09 Å². The van der Waals surface area contributed by atoms with E-state index < -0.39 is 20.0 Å². The second-order valence-corrected chi connectivity index (χ2v) is 14.3. The van der Waals surface area contributed by atoms with Crippen molar-refractivity contribution < 1.29 is 18.7 Å². The van der Waals surface area contributed by atoms with Crippen molar-refractivity contribution in [1.82, 2.24) is 5.32 Å². The van der Waals surface area contributed by atoms with Crippen LogP contribution in [0.2, 0.25) is 18.1 Å². The Morgan fingerprint density at radius 3 is 2.52 bits per heavy atom. The molecule has 7 heteroatoms. The van der Waals surface area contributed by atoms with Crippen LogP contribution in [0.15, 0.2) is 18.2 Å². The number of carbonyl (C=O) groups excluding carboxylic acids is 1. The van der Waals surface area contributed by atoms with Gasteiger partial charge in [0.05, 0.1) is 5.69 Å². The first kappa shape index (κ1) is 21.6. The molecule has 1 atom stereocenters. The summed E-state index contributed by atoms with van der Waals surface area (Å²) in [6.45, 7) is 17.5. The molecule has 1 heterocycles. The molecule has 0 aromatic heterocycles. The average molecular weight is 395 g/mol. The summed E-state index contributed by atoms with van der Waals surface area (Å²) in [4.78, 5) is 11.8. The van der Waals surface area contributed by atoms with Crippen molar-refractivity contribution in [2.75, 3.05) is 11.9 Å². The van der Waals surface area contributed by atoms with E-state index in [9.17, 15) is 4.79 Å². The maximum Gasteiger partial charge on any atom is 0.407 e. The van der Waals surface area contributed by atoms with Crippen LogP contribution in [0.3, 0.4) is 0 Å². The molecule has 1 aromatic rings. The van der Waals surface area contributed by atoms with Crippen LogP contribution in [0.5, 0.6) is 5.75 Å². The topological polar surface area (TPSA) is 68.8 Å². The number of rotatable bonds is 4. The molecule has 1 aliphatic heterocycles. The van der Waals surface area contributed by atoms with E-state index in [0.717, 1.165) is 17.0 Å². The summed E-state index contributed by atoms with van der Waals surface area (Å²) in [7, 11) is -1.87. The molecule has 0 aliphatic carbocycles. The Morgan fingerprint density at radius 1 is 1.26 bits per heavy atom. The molecule has 6 nitrogen and oxygen atoms in total. The minimum Gasteiger partial charge on any atom is -0.487 e. The van der Waals surface area contributed by atoms with Gasteiger partial charge in [0.15, 0.2) is 14.5 Å². The average Bonchev–Trinajstić information content (AvgIpc) is 2.49. The number of anilines is 1. The molecule has 0 saturated heterocycles. The Hall–Kier alpha value is -1.73. The molecule has 0 radical (unpaired) electrons. The molecule has 1 aromatic carbocycles. The first-order valence-corrected chi connectivity index (χ1v) is 12.3. The molecule has 27 heavy (non-hydrogen) atoms. The Morgan fingerprint density at radius 2 is 1.93 bits per heavy atom. The number of hydrogen-bond donors (Lipinski definition) is 2. The smallest absolute Gasteiger partial charge is 0.407 e. The summed E-state index contributed by atoms with van der Waals surface area (Å²) >= 11 is 0. The van der Waals surface area contributed by atoms with E-state index in [1.807, 2.05) is 39.0 Å². The number of nitrogens with one attached hydrogen (secondary N) is 2. The fraction of sp³-hybridized carbons (Fsp3) is 0.650. The van der Waals surface area contributed by atoms with Crippen molar-refractivity contribution in [3.05, 3.63) is 23.8 Å². The second kappa shape index (κ2) is 7.71. The monoisotopic (exact) mass is 394 g/mol. The number of hydrogen-bond acceptors (Lipinski definition) is 5. The molecular weight excluding hydrogens is 360 g/mol. The number of ether oxygens (including phenoxy) is 2. The zero-order valence-electron chi connectivity index (χ0n) is 17.9. The van der Waals surface area contributed by atoms with Crippen LogP contribution in [0.1, 0.15) is 47.1 Å². The standard InChI is InChI=1S/C20H34N2O4Si/c1-19(2,3)25-18(23)21-12-14-9-10-15-16(11-14)24-13-17(22-15)26-27(7,8)20(4,5)6/h9-11,17,22H,12-13H2,1-8H3,(H,21,23)/t17-/m1/s1. The van der Waals surface area contributed by atoms with E-state index in [2.05, 4.69) is 44.5 Å². The van der Waals surface area contributed by atoms with Crippen molar-refractivity contribution in [2.24, 2.45) is 0 Å². The predicted molar refractivity (Wildman–Crippen MR) is 111 cm³/mol. The molecule has 152 valence electrons. The maximum absolute atomic E-state index is 11.8. The third-order valence-corrected chi connectivity index (χ3v) is 9.32. The van der Waals surface area contributed by atoms with Gasteiger partial charge in [-0.05, 0) is 56.6 Å². The van der Waals surface area contributed by atoms with Crippen LogP contribution < -0.4 is 15.4 Å². The van der Waals surface area contributed by atoms with Gasteiger partial charge in [0, 0.05) is 6.54 Å². The number of benzene rings is 1. The lowest BCUT2D eigenvalue weighted by Gasteiger charge is -2.40. The zero-order valence-corrected chi connectivity index (χ0v) is 18.9. The van der Waals surface area contributed by atoms with Crippen molar-refractivity contribution >= 4 is 20.1 Å². The van der Waals surface area contributed by atoms with Gasteiger partial charge in [-0.3, -0.25) is 0 Å². The first-order valence-electron chi connectivity index (χ1n) is 9.44. The van der Waals surface area contributed by atoms with Gasteiger partial charge in [0.2, 0.25) is 0 Å². The van der Waals surface area contributed by atoms with Crippen LogP contribution >= 0.6 is 0 Å². The lowest BCUT2D eigenvalue weighted by molar-refractivity contribution is 0.0523. The summed E-state index contributed by atoms with van der Waals surface area (Å²) in [6.07, 6.45) is -0.578. The number of fused-ring (bicyclic) bond motifs is 1. The van der Waals surface area contributed by atoms with E-state index in [1.54, 1.807) is 0 Å². The van der Waals surface area contributed by atoms with E-state index in [-0.39, 0.29) is 11.3 Å². The quantitative estimate of drug-likeness (QED) is 0.714. The molecule has 2 N–H and O–H groups in total. The van der Waals surface area contributed by atoms with Gasteiger partial charge in [0.25, 0.3) is 0 Å². The third-order valence-electron chi connectivity index (χ3n) is 4.83. The van der Waals surface area contributed by atoms with E-state index >= 15 is 0 Å². The molecular formula is C20H34N2O4Si. The zero-order chi connectivity index (χ0) is 20.5. The highest BCUT2D eigenvalue weighted by molar-refractivity contribution is 6.74. The molecule has 0 spiro atoms. The Bertz CT molecular complexity index is 678. The van der Waals surface area contributed by atoms with Crippen LogP contribution in [0.25, 0.3) is 0 Å². The van der Waals surface area contributed by atoms with Gasteiger partial charge in [-0.25, -0.2) is 4.79 Å². The van der Waals surface area contributed by atoms with Crippen molar-refractivity contribution in [3.63, 3.8) is 0 Å². The summed E-state index contributed by atoms with van der Waals surface area (Å²) in [5, 5.41) is 6.33. The maximum atomic E-state index is 11.8. The van der Waals surface area contributed by atoms with Crippen LogP contribution in [-0.4, -0.2) is 32.8 Å². The van der Waals surface area contributed by atoms with Crippen LogP contribution in [0, 0.1) is 0 Å². The summed E-state index contributed by atoms with van der Waals surface area (Å²) in [6, 6.07) is 5.85. The van der Waals surface area contributed by atoms with Crippen LogP contribution in [0.4, 0.5) is 10.5 Å². The molecule has 0 bridgehead atoms. The van der Waals surface area contributed by atoms with Crippen molar-refractivity contribution in [3.8, 4) is 5.75 Å². The number of carbonyl (C=O) groups is 1. The first-order chi connectivity index (χ1) is 12.3. The predicted octanol–water partition coefficient (Wildman–Crippen LogP) is 4.86. The summed E-state index contributed by atoms with van der Waals surface area (Å²) in [5.41, 5.74) is 1.35. The van der Waals surface area contributed by atoms with Gasteiger partial charge in [0.1, 0.15) is 18.0 Å². The van der Waals surface area contributed by atoms with E-state index in [4.69, 9.17) is 13.9 Å². The minimum atomic E-state index is -1.87. The molecule has 1 aliphatic rings. The SMILES string of the molecule is CC(C)(C)OC(=O)NCc1ccc2c(c1)OC[C@@H](O[Si](C)(C)C(C)(C)C)N2. The Kier molecular flexibility index (Phi) is 6.16. The summed E-state index contributed by atoms with van der Waals surface area (Å²) in [5.74, 6) is 0.772. The van der Waals surface area contributed by atoms with Gasteiger partial charge in [-0.2, -0.15) is 0 Å². The molecule has 0 fully saturated rings. The number of alkyl carbamates (subject to hydrolysis) is 1. The number of amides is 1. The third kappa shape index (κ3) is 6.14. The fourth-order valence-electron chi connectivity index (χ4n) is 2.38. The molecule has 1 amide bonds. The highest BCUT2D eigenvalue weighted by atomic mass is 28.4. The lowest BCUT2D eigenvalue weighted by Crippen LogP contribution is -2.48. The largest absolute Gasteiger partial charge is 0.487 e. The van der Waals surface area contributed by atoms with E-state index in [0.29, 0.717) is 13.2 Å². The lowest BCUT2D eigenvalue weighted by atomic mass is 10.1. The van der Waals surface area contributed by atoms with Gasteiger partial charge in [-0.15, -0.1) is 0 Å². The fourth-order valence-corrected chi connectivity index (χ4v) is 3.57. The summed E-state index contributed by atoms with van der Waals surface area (Å²) < 4.78 is 17.6. The molecule has 0 unspecified atom stereocenters. The van der Waals surface area contributed by atoms with Gasteiger partial charge in [-0.1, -0.05) is 26.8 Å². The van der Waals surface area contributed by atoms with Gasteiger partial charge < -0.3 is 24.5 Å². The van der Waals surface area contributed by atoms with Crippen LogP contribution in [-0.2, 0) is 15.7 Å². The normalized spacial score (nSPS) is 17.4. The second-order valence-electron chi connectivity index (χ2n) is 9.51.